The summed E-state index contributed by atoms with van der Waals surface area (Å²) in [4.78, 5) is 0. The predicted octanol–water partition coefficient (Wildman–Crippen LogP) is 4.64. The number of nitrogens with zero attached hydrogens (tertiary/aromatic N) is 1. The smallest absolute Gasteiger partial charge is 0.0928 e. The molecule has 0 aromatic carbocycles. The van der Waals surface area contributed by atoms with Crippen molar-refractivity contribution in [3.63, 3.8) is 0 Å². The van der Waals surface area contributed by atoms with E-state index < -0.39 is 0 Å². The third kappa shape index (κ3) is 11.7. The predicted molar refractivity (Wildman–Crippen MR) is 76.7 cm³/mol. The summed E-state index contributed by atoms with van der Waals surface area (Å²) in [6.07, 6.45) is 10.4. The van der Waals surface area contributed by atoms with Gasteiger partial charge < -0.3 is 5.73 Å². The van der Waals surface area contributed by atoms with Crippen molar-refractivity contribution in [3.05, 3.63) is 0 Å². The van der Waals surface area contributed by atoms with E-state index in [1.165, 1.54) is 38.5 Å². The lowest BCUT2D eigenvalue weighted by Gasteiger charge is -2.21. The Morgan fingerprint density at radius 1 is 1.12 bits per heavy atom. The van der Waals surface area contributed by atoms with E-state index in [1.807, 2.05) is 27.7 Å². The molecule has 1 fully saturated rings. The first-order valence-corrected chi connectivity index (χ1v) is 7.48. The third-order valence-corrected chi connectivity index (χ3v) is 3.02. The van der Waals surface area contributed by atoms with Crippen LogP contribution in [-0.4, -0.2) is 6.04 Å². The summed E-state index contributed by atoms with van der Waals surface area (Å²) in [7, 11) is 0. The van der Waals surface area contributed by atoms with Crippen LogP contribution in [0.25, 0.3) is 0 Å². The second-order valence-corrected chi connectivity index (χ2v) is 4.17. The highest BCUT2D eigenvalue weighted by atomic mass is 14.6. The van der Waals surface area contributed by atoms with Crippen molar-refractivity contribution in [2.24, 2.45) is 11.7 Å². The van der Waals surface area contributed by atoms with Gasteiger partial charge in [0.05, 0.1) is 12.1 Å². The van der Waals surface area contributed by atoms with E-state index in [1.54, 1.807) is 0 Å². The van der Waals surface area contributed by atoms with Gasteiger partial charge in [0.25, 0.3) is 0 Å². The minimum Gasteiger partial charge on any atom is -0.316 e. The van der Waals surface area contributed by atoms with Gasteiger partial charge in [-0.2, -0.15) is 5.26 Å². The molecule has 0 saturated heterocycles. The van der Waals surface area contributed by atoms with Crippen molar-refractivity contribution < 1.29 is 0 Å². The van der Waals surface area contributed by atoms with Crippen LogP contribution in [0.1, 0.15) is 79.1 Å². The van der Waals surface area contributed by atoms with Crippen LogP contribution in [0.3, 0.4) is 0 Å². The highest BCUT2D eigenvalue weighted by molar-refractivity contribution is 4.86. The standard InChI is InChI=1S/C11H20N2.2C2H6/c12-9-11(13)8-4-7-10-5-2-1-3-6-10;2*1-2/h10-11H,1-8,13H2;2*1-2H3. The molecule has 0 amide bonds. The number of nitrogens with two attached hydrogens (primary N) is 1. The van der Waals surface area contributed by atoms with Crippen molar-refractivity contribution >= 4 is 0 Å². The lowest BCUT2D eigenvalue weighted by molar-refractivity contribution is 0.328. The lowest BCUT2D eigenvalue weighted by Crippen LogP contribution is -2.17. The molecule has 1 rings (SSSR count). The van der Waals surface area contributed by atoms with Crippen molar-refractivity contribution in [1.29, 1.82) is 5.26 Å². The summed E-state index contributed by atoms with van der Waals surface area (Å²) in [5.74, 6) is 0.930. The van der Waals surface area contributed by atoms with Crippen LogP contribution >= 0.6 is 0 Å². The second kappa shape index (κ2) is 15.4. The zero-order valence-corrected chi connectivity index (χ0v) is 12.3. The largest absolute Gasteiger partial charge is 0.316 e. The molecule has 1 aliphatic rings. The minimum atomic E-state index is -0.233. The average Bonchev–Trinajstić information content (AvgIpc) is 2.44. The lowest BCUT2D eigenvalue weighted by atomic mass is 9.85. The Bertz CT molecular complexity index is 166. The SMILES string of the molecule is CC.CC.N#CC(N)CCCC1CCCCC1. The Morgan fingerprint density at radius 3 is 2.12 bits per heavy atom. The summed E-state index contributed by atoms with van der Waals surface area (Å²) in [6.45, 7) is 8.00. The molecule has 0 aliphatic heterocycles. The van der Waals surface area contributed by atoms with Crippen LogP contribution in [0.5, 0.6) is 0 Å². The molecule has 2 N–H and O–H groups in total. The van der Waals surface area contributed by atoms with E-state index >= 15 is 0 Å². The monoisotopic (exact) mass is 240 g/mol. The summed E-state index contributed by atoms with van der Waals surface area (Å²) in [5.41, 5.74) is 5.53. The van der Waals surface area contributed by atoms with Gasteiger partial charge >= 0.3 is 0 Å². The number of rotatable bonds is 4. The Balaban J connectivity index is 0. The molecule has 1 saturated carbocycles. The van der Waals surface area contributed by atoms with Crippen molar-refractivity contribution in [2.75, 3.05) is 0 Å². The van der Waals surface area contributed by atoms with Gasteiger partial charge in [-0.15, -0.1) is 0 Å². The first kappa shape index (κ1) is 18.8. The summed E-state index contributed by atoms with van der Waals surface area (Å²) >= 11 is 0. The van der Waals surface area contributed by atoms with E-state index in [0.717, 1.165) is 18.8 Å². The Labute approximate surface area is 109 Å². The fourth-order valence-electron chi connectivity index (χ4n) is 2.17. The van der Waals surface area contributed by atoms with Crippen LogP contribution in [0.2, 0.25) is 0 Å². The zero-order chi connectivity index (χ0) is 13.5. The highest BCUT2D eigenvalue weighted by Crippen LogP contribution is 2.27. The molecule has 0 radical (unpaired) electrons. The maximum absolute atomic E-state index is 8.50. The van der Waals surface area contributed by atoms with Gasteiger partial charge in [-0.25, -0.2) is 0 Å². The zero-order valence-electron chi connectivity index (χ0n) is 12.3. The van der Waals surface area contributed by atoms with E-state index in [-0.39, 0.29) is 6.04 Å². The fourth-order valence-corrected chi connectivity index (χ4v) is 2.17. The van der Waals surface area contributed by atoms with Crippen molar-refractivity contribution in [1.82, 2.24) is 0 Å². The molecule has 0 aromatic rings. The average molecular weight is 240 g/mol. The Kier molecular flexibility index (Phi) is 17.1. The van der Waals surface area contributed by atoms with E-state index in [9.17, 15) is 0 Å². The van der Waals surface area contributed by atoms with Gasteiger partial charge in [0, 0.05) is 0 Å². The normalized spacial score (nSPS) is 16.7. The van der Waals surface area contributed by atoms with E-state index in [4.69, 9.17) is 11.0 Å². The molecular weight excluding hydrogens is 208 g/mol. The van der Waals surface area contributed by atoms with Gasteiger partial charge in [0.2, 0.25) is 0 Å². The van der Waals surface area contributed by atoms with Crippen molar-refractivity contribution in [3.8, 4) is 6.07 Å². The van der Waals surface area contributed by atoms with Gasteiger partial charge in [0.15, 0.2) is 0 Å². The molecule has 0 heterocycles. The molecule has 17 heavy (non-hydrogen) atoms. The molecule has 0 aromatic heterocycles. The van der Waals surface area contributed by atoms with Gasteiger partial charge in [-0.05, 0) is 12.3 Å². The Morgan fingerprint density at radius 2 is 1.65 bits per heavy atom. The van der Waals surface area contributed by atoms with Crippen LogP contribution < -0.4 is 5.73 Å². The molecule has 2 heteroatoms. The van der Waals surface area contributed by atoms with E-state index in [0.29, 0.717) is 0 Å². The maximum Gasteiger partial charge on any atom is 0.0928 e. The molecule has 1 aliphatic carbocycles. The first-order chi connectivity index (χ1) is 8.33. The van der Waals surface area contributed by atoms with Gasteiger partial charge in [-0.3, -0.25) is 0 Å². The first-order valence-electron chi connectivity index (χ1n) is 7.48. The molecule has 1 atom stereocenters. The van der Waals surface area contributed by atoms with Crippen LogP contribution in [0, 0.1) is 17.2 Å². The van der Waals surface area contributed by atoms with E-state index in [2.05, 4.69) is 6.07 Å². The van der Waals surface area contributed by atoms with Crippen LogP contribution in [0.15, 0.2) is 0 Å². The number of hydrogen-bond donors (Lipinski definition) is 1. The molecule has 2 nitrogen and oxygen atoms in total. The fraction of sp³-hybridized carbons (Fsp3) is 0.933. The third-order valence-electron chi connectivity index (χ3n) is 3.02. The van der Waals surface area contributed by atoms with Gasteiger partial charge in [-0.1, -0.05) is 72.6 Å². The van der Waals surface area contributed by atoms with Crippen LogP contribution in [0.4, 0.5) is 0 Å². The summed E-state index contributed by atoms with van der Waals surface area (Å²) in [5, 5.41) is 8.50. The molecule has 0 bridgehead atoms. The molecule has 0 spiro atoms. The Hall–Kier alpha value is -0.550. The topological polar surface area (TPSA) is 49.8 Å². The molecular formula is C15H32N2. The van der Waals surface area contributed by atoms with Gasteiger partial charge in [0.1, 0.15) is 0 Å². The second-order valence-electron chi connectivity index (χ2n) is 4.17. The molecule has 102 valence electrons. The highest BCUT2D eigenvalue weighted by Gasteiger charge is 2.13. The van der Waals surface area contributed by atoms with Crippen LogP contribution in [-0.2, 0) is 0 Å². The summed E-state index contributed by atoms with van der Waals surface area (Å²) < 4.78 is 0. The maximum atomic E-state index is 8.50. The van der Waals surface area contributed by atoms with Crippen molar-refractivity contribution in [2.45, 2.75) is 85.1 Å². The molecule has 1 unspecified atom stereocenters. The summed E-state index contributed by atoms with van der Waals surface area (Å²) in [6, 6.07) is 1.85. The quantitative estimate of drug-likeness (QED) is 0.778. The minimum absolute atomic E-state index is 0.233. The number of hydrogen-bond acceptors (Lipinski definition) is 2. The number of nitriles is 1.